The van der Waals surface area contributed by atoms with Crippen molar-refractivity contribution >= 4 is 17.6 Å². The van der Waals surface area contributed by atoms with Gasteiger partial charge >= 0.3 is 0 Å². The van der Waals surface area contributed by atoms with E-state index in [-0.39, 0.29) is 0 Å². The van der Waals surface area contributed by atoms with Gasteiger partial charge in [0.1, 0.15) is 17.6 Å². The Morgan fingerprint density at radius 1 is 1.60 bits per heavy atom. The van der Waals surface area contributed by atoms with Crippen LogP contribution in [-0.2, 0) is 0 Å². The Kier molecular flexibility index (Phi) is 4.99. The van der Waals surface area contributed by atoms with E-state index in [1.807, 2.05) is 30.0 Å². The van der Waals surface area contributed by atoms with E-state index in [4.69, 9.17) is 5.26 Å². The standard InChI is InChI=1S/C11H15N3S/c1-9(6-7-15-2)13-11-5-3-4-10(8-12)14-11/h3-5,9H,6-7H2,1-2H3,(H,13,14). The van der Waals surface area contributed by atoms with Crippen LogP contribution in [0.1, 0.15) is 19.0 Å². The molecule has 1 N–H and O–H groups in total. The molecule has 0 aliphatic heterocycles. The van der Waals surface area contributed by atoms with Crippen molar-refractivity contribution in [3.05, 3.63) is 23.9 Å². The molecule has 0 saturated carbocycles. The van der Waals surface area contributed by atoms with Gasteiger partial charge in [0.15, 0.2) is 0 Å². The van der Waals surface area contributed by atoms with Crippen LogP contribution < -0.4 is 5.32 Å². The maximum absolute atomic E-state index is 8.69. The molecule has 1 rings (SSSR count). The van der Waals surface area contributed by atoms with Crippen molar-refractivity contribution in [3.63, 3.8) is 0 Å². The van der Waals surface area contributed by atoms with Crippen LogP contribution in [-0.4, -0.2) is 23.0 Å². The fourth-order valence-corrected chi connectivity index (χ4v) is 1.79. The quantitative estimate of drug-likeness (QED) is 0.830. The third-order valence-corrected chi connectivity index (χ3v) is 2.66. The van der Waals surface area contributed by atoms with Crippen LogP contribution in [0.3, 0.4) is 0 Å². The minimum Gasteiger partial charge on any atom is -0.368 e. The van der Waals surface area contributed by atoms with Crippen LogP contribution in [0.25, 0.3) is 0 Å². The van der Waals surface area contributed by atoms with Crippen molar-refractivity contribution in [1.82, 2.24) is 4.98 Å². The highest BCUT2D eigenvalue weighted by atomic mass is 32.2. The van der Waals surface area contributed by atoms with Gasteiger partial charge in [0.05, 0.1) is 0 Å². The molecule has 1 heterocycles. The van der Waals surface area contributed by atoms with E-state index in [2.05, 4.69) is 23.5 Å². The van der Waals surface area contributed by atoms with Crippen molar-refractivity contribution in [2.75, 3.05) is 17.3 Å². The summed E-state index contributed by atoms with van der Waals surface area (Å²) in [5, 5.41) is 12.0. The third kappa shape index (κ3) is 4.22. The molecular weight excluding hydrogens is 206 g/mol. The number of nitrogens with one attached hydrogen (secondary N) is 1. The highest BCUT2D eigenvalue weighted by Gasteiger charge is 2.02. The number of hydrogen-bond donors (Lipinski definition) is 1. The predicted octanol–water partition coefficient (Wildman–Crippen LogP) is 2.51. The first kappa shape index (κ1) is 11.9. The van der Waals surface area contributed by atoms with Gasteiger partial charge in [-0.25, -0.2) is 4.98 Å². The maximum atomic E-state index is 8.69. The van der Waals surface area contributed by atoms with Crippen molar-refractivity contribution in [3.8, 4) is 6.07 Å². The molecule has 3 nitrogen and oxygen atoms in total. The largest absolute Gasteiger partial charge is 0.368 e. The van der Waals surface area contributed by atoms with E-state index in [1.54, 1.807) is 6.07 Å². The van der Waals surface area contributed by atoms with Gasteiger partial charge in [-0.2, -0.15) is 17.0 Å². The second kappa shape index (κ2) is 6.31. The first-order valence-corrected chi connectivity index (χ1v) is 6.28. The Balaban J connectivity index is 2.53. The molecule has 1 unspecified atom stereocenters. The van der Waals surface area contributed by atoms with Crippen LogP contribution in [0.15, 0.2) is 18.2 Å². The lowest BCUT2D eigenvalue weighted by Gasteiger charge is -2.13. The number of hydrogen-bond acceptors (Lipinski definition) is 4. The second-order valence-electron chi connectivity index (χ2n) is 3.35. The topological polar surface area (TPSA) is 48.7 Å². The summed E-state index contributed by atoms with van der Waals surface area (Å²) in [6, 6.07) is 7.85. The number of pyridine rings is 1. The molecule has 1 aromatic rings. The maximum Gasteiger partial charge on any atom is 0.142 e. The van der Waals surface area contributed by atoms with Gasteiger partial charge in [-0.3, -0.25) is 0 Å². The molecule has 15 heavy (non-hydrogen) atoms. The first-order chi connectivity index (χ1) is 7.26. The third-order valence-electron chi connectivity index (χ3n) is 2.01. The van der Waals surface area contributed by atoms with E-state index >= 15 is 0 Å². The minimum atomic E-state index is 0.388. The smallest absolute Gasteiger partial charge is 0.142 e. The van der Waals surface area contributed by atoms with Gasteiger partial charge in [0.2, 0.25) is 0 Å². The van der Waals surface area contributed by atoms with Gasteiger partial charge in [0, 0.05) is 6.04 Å². The summed E-state index contributed by atoms with van der Waals surface area (Å²) in [6.07, 6.45) is 3.20. The van der Waals surface area contributed by atoms with Gasteiger partial charge in [-0.05, 0) is 37.5 Å². The normalized spacial score (nSPS) is 11.8. The molecule has 80 valence electrons. The van der Waals surface area contributed by atoms with E-state index < -0.39 is 0 Å². The molecule has 0 aliphatic carbocycles. The zero-order chi connectivity index (χ0) is 11.1. The number of thioether (sulfide) groups is 1. The van der Waals surface area contributed by atoms with E-state index in [9.17, 15) is 0 Å². The summed E-state index contributed by atoms with van der Waals surface area (Å²) in [7, 11) is 0. The molecule has 0 radical (unpaired) electrons. The molecule has 1 atom stereocenters. The molecule has 0 saturated heterocycles. The lowest BCUT2D eigenvalue weighted by molar-refractivity contribution is 0.767. The first-order valence-electron chi connectivity index (χ1n) is 4.89. The molecule has 0 aliphatic rings. The molecule has 0 bridgehead atoms. The number of rotatable bonds is 5. The van der Waals surface area contributed by atoms with Crippen LogP contribution in [0, 0.1) is 11.3 Å². The lowest BCUT2D eigenvalue weighted by Crippen LogP contribution is -2.16. The zero-order valence-electron chi connectivity index (χ0n) is 9.03. The van der Waals surface area contributed by atoms with Crippen LogP contribution >= 0.6 is 11.8 Å². The van der Waals surface area contributed by atoms with E-state index in [0.717, 1.165) is 18.0 Å². The summed E-state index contributed by atoms with van der Waals surface area (Å²) < 4.78 is 0. The Labute approximate surface area is 94.9 Å². The average Bonchev–Trinajstić information content (AvgIpc) is 2.26. The zero-order valence-corrected chi connectivity index (χ0v) is 9.84. The lowest BCUT2D eigenvalue weighted by atomic mass is 10.2. The highest BCUT2D eigenvalue weighted by Crippen LogP contribution is 2.08. The fourth-order valence-electron chi connectivity index (χ4n) is 1.20. The van der Waals surface area contributed by atoms with E-state index in [0.29, 0.717) is 11.7 Å². The number of nitrogens with zero attached hydrogens (tertiary/aromatic N) is 2. The Bertz CT molecular complexity index is 346. The number of aromatic nitrogens is 1. The highest BCUT2D eigenvalue weighted by molar-refractivity contribution is 7.98. The summed E-state index contributed by atoms with van der Waals surface area (Å²) in [6.45, 7) is 2.12. The molecule has 0 aromatic carbocycles. The fraction of sp³-hybridized carbons (Fsp3) is 0.455. The summed E-state index contributed by atoms with van der Waals surface area (Å²) in [5.41, 5.74) is 0.456. The van der Waals surface area contributed by atoms with Crippen molar-refractivity contribution < 1.29 is 0 Å². The molecule has 0 spiro atoms. The summed E-state index contributed by atoms with van der Waals surface area (Å²) in [4.78, 5) is 4.16. The second-order valence-corrected chi connectivity index (χ2v) is 4.33. The number of anilines is 1. The molecule has 1 aromatic heterocycles. The summed E-state index contributed by atoms with van der Waals surface area (Å²) in [5.74, 6) is 1.91. The Hall–Kier alpha value is -1.21. The van der Waals surface area contributed by atoms with Crippen molar-refractivity contribution in [1.29, 1.82) is 5.26 Å². The Morgan fingerprint density at radius 3 is 3.07 bits per heavy atom. The van der Waals surface area contributed by atoms with E-state index in [1.165, 1.54) is 0 Å². The van der Waals surface area contributed by atoms with Gasteiger partial charge in [0.25, 0.3) is 0 Å². The monoisotopic (exact) mass is 221 g/mol. The molecule has 0 amide bonds. The van der Waals surface area contributed by atoms with Gasteiger partial charge < -0.3 is 5.32 Å². The van der Waals surface area contributed by atoms with Crippen molar-refractivity contribution in [2.45, 2.75) is 19.4 Å². The van der Waals surface area contributed by atoms with Crippen LogP contribution in [0.2, 0.25) is 0 Å². The minimum absolute atomic E-state index is 0.388. The molecule has 0 fully saturated rings. The van der Waals surface area contributed by atoms with Gasteiger partial charge in [-0.1, -0.05) is 6.07 Å². The summed E-state index contributed by atoms with van der Waals surface area (Å²) >= 11 is 1.84. The average molecular weight is 221 g/mol. The van der Waals surface area contributed by atoms with Crippen LogP contribution in [0.4, 0.5) is 5.82 Å². The predicted molar refractivity (Wildman–Crippen MR) is 65.0 cm³/mol. The van der Waals surface area contributed by atoms with Crippen molar-refractivity contribution in [2.24, 2.45) is 0 Å². The van der Waals surface area contributed by atoms with Crippen LogP contribution in [0.5, 0.6) is 0 Å². The van der Waals surface area contributed by atoms with Gasteiger partial charge in [-0.15, -0.1) is 0 Å². The molecule has 4 heteroatoms. The Morgan fingerprint density at radius 2 is 2.40 bits per heavy atom. The number of nitriles is 1. The SMILES string of the molecule is CSCCC(C)Nc1cccc(C#N)n1. The molecular formula is C11H15N3S.